The van der Waals surface area contributed by atoms with Gasteiger partial charge in [0.2, 0.25) is 0 Å². The highest BCUT2D eigenvalue weighted by Crippen LogP contribution is 2.23. The minimum absolute atomic E-state index is 0.0202. The highest BCUT2D eigenvalue weighted by atomic mass is 32.1. The number of halogens is 3. The van der Waals surface area contributed by atoms with Crippen LogP contribution < -0.4 is 4.74 Å². The second-order valence-corrected chi connectivity index (χ2v) is 2.45. The standard InChI is InChI=1S/C7H5F3OS/c8-6-4(11-7(9)10)2-1-3-5(6)12/h1-3,7,12H. The van der Waals surface area contributed by atoms with Crippen molar-refractivity contribution in [3.8, 4) is 5.75 Å². The molecule has 66 valence electrons. The lowest BCUT2D eigenvalue weighted by atomic mass is 10.3. The second-order valence-electron chi connectivity index (χ2n) is 1.97. The van der Waals surface area contributed by atoms with Gasteiger partial charge >= 0.3 is 6.61 Å². The van der Waals surface area contributed by atoms with Crippen molar-refractivity contribution in [2.75, 3.05) is 0 Å². The molecule has 0 aliphatic rings. The van der Waals surface area contributed by atoms with Crippen LogP contribution in [-0.2, 0) is 0 Å². The zero-order valence-corrected chi connectivity index (χ0v) is 6.69. The van der Waals surface area contributed by atoms with Crippen LogP contribution in [-0.4, -0.2) is 6.61 Å². The van der Waals surface area contributed by atoms with E-state index in [9.17, 15) is 13.2 Å². The van der Waals surface area contributed by atoms with E-state index in [4.69, 9.17) is 0 Å². The van der Waals surface area contributed by atoms with Crippen molar-refractivity contribution < 1.29 is 17.9 Å². The van der Waals surface area contributed by atoms with Gasteiger partial charge in [-0.25, -0.2) is 4.39 Å². The van der Waals surface area contributed by atoms with E-state index < -0.39 is 18.2 Å². The molecule has 0 aromatic heterocycles. The Kier molecular flexibility index (Phi) is 2.86. The summed E-state index contributed by atoms with van der Waals surface area (Å²) in [6, 6.07) is 3.83. The second kappa shape index (κ2) is 3.71. The summed E-state index contributed by atoms with van der Waals surface area (Å²) in [7, 11) is 0. The Labute approximate surface area is 72.6 Å². The van der Waals surface area contributed by atoms with Crippen LogP contribution in [0.1, 0.15) is 0 Å². The van der Waals surface area contributed by atoms with E-state index in [1.807, 2.05) is 0 Å². The summed E-state index contributed by atoms with van der Waals surface area (Å²) in [6.07, 6.45) is 0. The van der Waals surface area contributed by atoms with Crippen LogP contribution in [0.5, 0.6) is 5.75 Å². The molecule has 0 aliphatic heterocycles. The van der Waals surface area contributed by atoms with E-state index in [0.29, 0.717) is 0 Å². The van der Waals surface area contributed by atoms with Gasteiger partial charge in [0.05, 0.1) is 0 Å². The summed E-state index contributed by atoms with van der Waals surface area (Å²) in [5.41, 5.74) is 0. The number of hydrogen-bond acceptors (Lipinski definition) is 2. The molecule has 0 heterocycles. The normalized spacial score (nSPS) is 10.4. The largest absolute Gasteiger partial charge is 0.432 e. The van der Waals surface area contributed by atoms with Gasteiger partial charge < -0.3 is 4.74 Å². The summed E-state index contributed by atoms with van der Waals surface area (Å²) < 4.78 is 39.9. The summed E-state index contributed by atoms with van der Waals surface area (Å²) >= 11 is 3.69. The number of rotatable bonds is 2. The minimum atomic E-state index is -3.02. The Bertz CT molecular complexity index is 277. The summed E-state index contributed by atoms with van der Waals surface area (Å²) in [5, 5.41) is 0. The average Bonchev–Trinajstić information content (AvgIpc) is 1.98. The Hall–Kier alpha value is -0.840. The molecule has 0 N–H and O–H groups in total. The average molecular weight is 194 g/mol. The third-order valence-electron chi connectivity index (χ3n) is 1.16. The van der Waals surface area contributed by atoms with Crippen LogP contribution >= 0.6 is 12.6 Å². The van der Waals surface area contributed by atoms with E-state index >= 15 is 0 Å². The molecule has 0 amide bonds. The maximum atomic E-state index is 12.8. The smallest absolute Gasteiger partial charge is 0.387 e. The van der Waals surface area contributed by atoms with Crippen LogP contribution in [0.25, 0.3) is 0 Å². The van der Waals surface area contributed by atoms with Crippen LogP contribution in [0, 0.1) is 5.82 Å². The van der Waals surface area contributed by atoms with Gasteiger partial charge in [0.1, 0.15) is 0 Å². The molecule has 1 nitrogen and oxygen atoms in total. The van der Waals surface area contributed by atoms with Crippen LogP contribution in [0.15, 0.2) is 23.1 Å². The highest BCUT2D eigenvalue weighted by Gasteiger charge is 2.10. The van der Waals surface area contributed by atoms with Gasteiger partial charge in [-0.3, -0.25) is 0 Å². The summed E-state index contributed by atoms with van der Waals surface area (Å²) in [6.45, 7) is -3.02. The molecule has 1 rings (SSSR count). The van der Waals surface area contributed by atoms with E-state index in [0.717, 1.165) is 6.07 Å². The first kappa shape index (κ1) is 9.25. The minimum Gasteiger partial charge on any atom is -0.432 e. The molecule has 0 radical (unpaired) electrons. The Balaban J connectivity index is 2.92. The fourth-order valence-electron chi connectivity index (χ4n) is 0.686. The maximum absolute atomic E-state index is 12.8. The number of hydrogen-bond donors (Lipinski definition) is 1. The fourth-order valence-corrected chi connectivity index (χ4v) is 0.882. The third kappa shape index (κ3) is 2.07. The Morgan fingerprint density at radius 2 is 2.00 bits per heavy atom. The predicted molar refractivity (Wildman–Crippen MR) is 40.3 cm³/mol. The molecular weight excluding hydrogens is 189 g/mol. The molecule has 5 heteroatoms. The molecule has 0 saturated carbocycles. The Morgan fingerprint density at radius 3 is 2.58 bits per heavy atom. The van der Waals surface area contributed by atoms with E-state index in [1.165, 1.54) is 12.1 Å². The molecule has 0 aliphatic carbocycles. The van der Waals surface area contributed by atoms with E-state index in [1.54, 1.807) is 0 Å². The summed E-state index contributed by atoms with van der Waals surface area (Å²) in [5.74, 6) is -1.36. The molecule has 0 atom stereocenters. The van der Waals surface area contributed by atoms with Gasteiger partial charge in [-0.05, 0) is 12.1 Å². The zero-order valence-electron chi connectivity index (χ0n) is 5.80. The van der Waals surface area contributed by atoms with Crippen LogP contribution in [0.3, 0.4) is 0 Å². The molecule has 1 aromatic rings. The van der Waals surface area contributed by atoms with Crippen LogP contribution in [0.4, 0.5) is 13.2 Å². The maximum Gasteiger partial charge on any atom is 0.387 e. The van der Waals surface area contributed by atoms with Gasteiger partial charge in [-0.2, -0.15) is 8.78 Å². The van der Waals surface area contributed by atoms with Crippen molar-refractivity contribution >= 4 is 12.6 Å². The first-order valence-electron chi connectivity index (χ1n) is 3.03. The lowest BCUT2D eigenvalue weighted by molar-refractivity contribution is -0.0524. The lowest BCUT2D eigenvalue weighted by Crippen LogP contribution is -2.03. The monoisotopic (exact) mass is 194 g/mol. The van der Waals surface area contributed by atoms with E-state index in [2.05, 4.69) is 17.4 Å². The van der Waals surface area contributed by atoms with Gasteiger partial charge in [-0.1, -0.05) is 6.07 Å². The number of alkyl halides is 2. The van der Waals surface area contributed by atoms with Gasteiger partial charge in [-0.15, -0.1) is 12.6 Å². The van der Waals surface area contributed by atoms with Gasteiger partial charge in [0, 0.05) is 4.90 Å². The molecule has 0 bridgehead atoms. The van der Waals surface area contributed by atoms with Crippen molar-refractivity contribution in [3.63, 3.8) is 0 Å². The van der Waals surface area contributed by atoms with E-state index in [-0.39, 0.29) is 4.90 Å². The third-order valence-corrected chi connectivity index (χ3v) is 1.50. The van der Waals surface area contributed by atoms with Crippen LogP contribution in [0.2, 0.25) is 0 Å². The van der Waals surface area contributed by atoms with Crippen molar-refractivity contribution in [2.24, 2.45) is 0 Å². The molecule has 0 saturated heterocycles. The van der Waals surface area contributed by atoms with Crippen molar-refractivity contribution in [3.05, 3.63) is 24.0 Å². The van der Waals surface area contributed by atoms with Gasteiger partial charge in [0.25, 0.3) is 0 Å². The Morgan fingerprint density at radius 1 is 1.33 bits per heavy atom. The first-order valence-corrected chi connectivity index (χ1v) is 3.48. The number of ether oxygens (including phenoxy) is 1. The molecular formula is C7H5F3OS. The van der Waals surface area contributed by atoms with Crippen molar-refractivity contribution in [1.29, 1.82) is 0 Å². The van der Waals surface area contributed by atoms with Crippen molar-refractivity contribution in [2.45, 2.75) is 11.5 Å². The predicted octanol–water partition coefficient (Wildman–Crippen LogP) is 2.72. The SMILES string of the molecule is Fc1c(S)cccc1OC(F)F. The molecule has 12 heavy (non-hydrogen) atoms. The van der Waals surface area contributed by atoms with Crippen molar-refractivity contribution in [1.82, 2.24) is 0 Å². The lowest BCUT2D eigenvalue weighted by Gasteiger charge is -2.05. The zero-order chi connectivity index (χ0) is 9.14. The first-order chi connectivity index (χ1) is 5.61. The molecule has 0 unspecified atom stereocenters. The summed E-state index contributed by atoms with van der Waals surface area (Å²) in [4.78, 5) is -0.0202. The fraction of sp³-hybridized carbons (Fsp3) is 0.143. The number of thiol groups is 1. The molecule has 0 spiro atoms. The quantitative estimate of drug-likeness (QED) is 0.712. The topological polar surface area (TPSA) is 9.23 Å². The highest BCUT2D eigenvalue weighted by molar-refractivity contribution is 7.80. The molecule has 1 aromatic carbocycles. The molecule has 0 fully saturated rings. The van der Waals surface area contributed by atoms with Gasteiger partial charge in [0.15, 0.2) is 11.6 Å². The number of benzene rings is 1.